The summed E-state index contributed by atoms with van der Waals surface area (Å²) >= 11 is 0. The molecule has 0 saturated carbocycles. The van der Waals surface area contributed by atoms with Crippen LogP contribution >= 0.6 is 0 Å². The van der Waals surface area contributed by atoms with Gasteiger partial charge in [0, 0.05) is 28.9 Å². The summed E-state index contributed by atoms with van der Waals surface area (Å²) in [7, 11) is 0. The van der Waals surface area contributed by atoms with Crippen LogP contribution < -0.4 is 22.0 Å². The van der Waals surface area contributed by atoms with Crippen molar-refractivity contribution in [2.45, 2.75) is 31.9 Å². The Morgan fingerprint density at radius 2 is 1.56 bits per heavy atom. The molecule has 0 spiro atoms. The molecule has 9 nitrogen and oxygen atoms in total. The number of nitrogens with one attached hydrogen (secondary N) is 3. The number of rotatable bonds is 8. The molecule has 34 heavy (non-hydrogen) atoms. The van der Waals surface area contributed by atoms with Gasteiger partial charge in [0.1, 0.15) is 0 Å². The maximum Gasteiger partial charge on any atom is 0.253 e. The maximum atomic E-state index is 12.3. The van der Waals surface area contributed by atoms with E-state index in [0.717, 1.165) is 42.7 Å². The molecule has 9 heteroatoms. The molecule has 1 aliphatic heterocycles. The van der Waals surface area contributed by atoms with E-state index in [9.17, 15) is 9.59 Å². The predicted octanol–water partition coefficient (Wildman–Crippen LogP) is 1.83. The second-order valence-electron chi connectivity index (χ2n) is 8.05. The van der Waals surface area contributed by atoms with Gasteiger partial charge in [0.15, 0.2) is 6.23 Å². The van der Waals surface area contributed by atoms with Crippen LogP contribution in [0.5, 0.6) is 0 Å². The number of carbonyl (C=O) groups excluding carboxylic acids is 2. The molecule has 1 fully saturated rings. The highest BCUT2D eigenvalue weighted by Gasteiger charge is 2.14. The van der Waals surface area contributed by atoms with Crippen LogP contribution in [0.25, 0.3) is 0 Å². The minimum absolute atomic E-state index is 0.00169. The Balaban J connectivity index is 1.51. The number of amides is 2. The van der Waals surface area contributed by atoms with Crippen molar-refractivity contribution < 1.29 is 19.6 Å². The van der Waals surface area contributed by atoms with Crippen LogP contribution in [0, 0.1) is 11.8 Å². The van der Waals surface area contributed by atoms with E-state index in [1.54, 1.807) is 24.3 Å². The van der Waals surface area contributed by atoms with Gasteiger partial charge in [-0.3, -0.25) is 24.5 Å². The topological polar surface area (TPSA) is 129 Å². The van der Waals surface area contributed by atoms with Crippen molar-refractivity contribution in [3.8, 4) is 11.8 Å². The van der Waals surface area contributed by atoms with E-state index in [2.05, 4.69) is 32.2 Å². The lowest BCUT2D eigenvalue weighted by molar-refractivity contribution is -0.164. The van der Waals surface area contributed by atoms with Gasteiger partial charge in [-0.25, -0.2) is 0 Å². The lowest BCUT2D eigenvalue weighted by atomic mass is 10.1. The third-order valence-corrected chi connectivity index (χ3v) is 5.43. The van der Waals surface area contributed by atoms with Crippen LogP contribution in [0.1, 0.15) is 47.2 Å². The number of hydrogen-bond acceptors (Lipinski definition) is 7. The summed E-state index contributed by atoms with van der Waals surface area (Å²) in [5, 5.41) is 14.0. The highest BCUT2D eigenvalue weighted by Crippen LogP contribution is 2.12. The Bertz CT molecular complexity index is 991. The molecule has 0 radical (unpaired) electrons. The fraction of sp³-hybridized carbons (Fsp3) is 0.360. The minimum Gasteiger partial charge on any atom is -0.326 e. The van der Waals surface area contributed by atoms with E-state index < -0.39 is 12.1 Å². The second-order valence-corrected chi connectivity index (χ2v) is 8.05. The molecule has 0 aliphatic carbocycles. The van der Waals surface area contributed by atoms with Gasteiger partial charge in [-0.05, 0) is 74.5 Å². The number of nitrogens with two attached hydrogens (primary N) is 1. The number of nitrogens with zero attached hydrogens (tertiary/aromatic N) is 1. The molecule has 1 atom stereocenters. The fourth-order valence-corrected chi connectivity index (χ4v) is 3.61. The number of hydrogen-bond donors (Lipinski definition) is 5. The molecule has 2 aromatic rings. The van der Waals surface area contributed by atoms with Crippen LogP contribution in [0.3, 0.4) is 0 Å². The highest BCUT2D eigenvalue weighted by atomic mass is 16.8. The van der Waals surface area contributed by atoms with E-state index in [1.807, 2.05) is 24.3 Å². The summed E-state index contributed by atoms with van der Waals surface area (Å²) in [5.74, 6) is 5.74. The minimum atomic E-state index is -0.862. The Kier molecular flexibility index (Phi) is 10.0. The molecule has 0 aromatic heterocycles. The second kappa shape index (κ2) is 13.4. The van der Waals surface area contributed by atoms with Crippen molar-refractivity contribution in [2.24, 2.45) is 5.73 Å². The number of carbonyl (C=O) groups is 2. The molecule has 0 unspecified atom stereocenters. The van der Waals surface area contributed by atoms with Crippen LogP contribution in [0.15, 0.2) is 48.5 Å². The SMILES string of the molecule is NC[C@@H](NC(=O)c1ccc(C#Cc2ccc(NC(=O)CN3CCCCCC3)cc2)cc1)ONO. The summed E-state index contributed by atoms with van der Waals surface area (Å²) in [6, 6.07) is 14.2. The van der Waals surface area contributed by atoms with Crippen LogP contribution in [-0.2, 0) is 9.63 Å². The van der Waals surface area contributed by atoms with Crippen molar-refractivity contribution >= 4 is 17.5 Å². The predicted molar refractivity (Wildman–Crippen MR) is 129 cm³/mol. The van der Waals surface area contributed by atoms with Crippen molar-refractivity contribution in [1.29, 1.82) is 0 Å². The van der Waals surface area contributed by atoms with Gasteiger partial charge < -0.3 is 16.4 Å². The van der Waals surface area contributed by atoms with E-state index >= 15 is 0 Å². The van der Waals surface area contributed by atoms with Crippen molar-refractivity contribution in [3.63, 3.8) is 0 Å². The lowest BCUT2D eigenvalue weighted by Gasteiger charge is -2.18. The molecule has 6 N–H and O–H groups in total. The van der Waals surface area contributed by atoms with Gasteiger partial charge in [0.25, 0.3) is 5.91 Å². The van der Waals surface area contributed by atoms with Crippen molar-refractivity contribution in [1.82, 2.24) is 15.9 Å². The monoisotopic (exact) mass is 465 g/mol. The van der Waals surface area contributed by atoms with Gasteiger partial charge in [0.05, 0.1) is 6.54 Å². The van der Waals surface area contributed by atoms with E-state index in [4.69, 9.17) is 10.9 Å². The molecule has 1 heterocycles. The van der Waals surface area contributed by atoms with Crippen LogP contribution in [0.4, 0.5) is 5.69 Å². The molecule has 1 aliphatic rings. The first-order valence-corrected chi connectivity index (χ1v) is 11.4. The van der Waals surface area contributed by atoms with Crippen molar-refractivity contribution in [3.05, 3.63) is 65.2 Å². The smallest absolute Gasteiger partial charge is 0.253 e. The molecule has 0 bridgehead atoms. The Hall–Kier alpha value is -3.26. The summed E-state index contributed by atoms with van der Waals surface area (Å²) in [4.78, 5) is 31.4. The molecular weight excluding hydrogens is 434 g/mol. The highest BCUT2D eigenvalue weighted by molar-refractivity contribution is 5.94. The van der Waals surface area contributed by atoms with E-state index in [0.29, 0.717) is 12.1 Å². The summed E-state index contributed by atoms with van der Waals surface area (Å²) in [6.07, 6.45) is 3.94. The van der Waals surface area contributed by atoms with Crippen molar-refractivity contribution in [2.75, 3.05) is 31.5 Å². The maximum absolute atomic E-state index is 12.3. The molecule has 2 amide bonds. The van der Waals surface area contributed by atoms with Crippen LogP contribution in [0.2, 0.25) is 0 Å². The third kappa shape index (κ3) is 8.26. The number of anilines is 1. The Labute approximate surface area is 199 Å². The normalized spacial score (nSPS) is 14.9. The average molecular weight is 466 g/mol. The Morgan fingerprint density at radius 1 is 0.971 bits per heavy atom. The standard InChI is InChI=1S/C25H31N5O4/c26-17-24(34-29-33)28-25(32)21-11-7-19(8-12-21)5-6-20-9-13-22(14-10-20)27-23(31)18-30-15-3-1-2-4-16-30/h7-14,24,29,33H,1-4,15-18,26H2,(H,27,31)(H,28,32)/t24-/m0/s1. The first-order valence-electron chi connectivity index (χ1n) is 11.4. The largest absolute Gasteiger partial charge is 0.326 e. The Morgan fingerprint density at radius 3 is 2.12 bits per heavy atom. The summed E-state index contributed by atoms with van der Waals surface area (Å²) in [6.45, 7) is 2.38. The molecule has 1 saturated heterocycles. The first-order chi connectivity index (χ1) is 16.6. The summed E-state index contributed by atoms with van der Waals surface area (Å²) < 4.78 is 0. The van der Waals surface area contributed by atoms with Gasteiger partial charge >= 0.3 is 0 Å². The lowest BCUT2D eigenvalue weighted by Crippen LogP contribution is -2.44. The third-order valence-electron chi connectivity index (χ3n) is 5.43. The zero-order chi connectivity index (χ0) is 24.2. The van der Waals surface area contributed by atoms with Crippen LogP contribution in [-0.4, -0.2) is 54.3 Å². The quantitative estimate of drug-likeness (QED) is 0.228. The van der Waals surface area contributed by atoms with E-state index in [-0.39, 0.29) is 12.5 Å². The zero-order valence-electron chi connectivity index (χ0n) is 19.0. The first kappa shape index (κ1) is 25.4. The summed E-state index contributed by atoms with van der Waals surface area (Å²) in [5.41, 5.74) is 9.67. The van der Waals surface area contributed by atoms with Gasteiger partial charge in [-0.2, -0.15) is 0 Å². The van der Waals surface area contributed by atoms with E-state index in [1.165, 1.54) is 18.5 Å². The van der Waals surface area contributed by atoms with Gasteiger partial charge in [0.2, 0.25) is 5.91 Å². The number of benzene rings is 2. The molecule has 180 valence electrons. The number of likely N-dealkylation sites (tertiary alicyclic amines) is 1. The molecule has 3 rings (SSSR count). The van der Waals surface area contributed by atoms with Gasteiger partial charge in [-0.1, -0.05) is 30.3 Å². The zero-order valence-corrected chi connectivity index (χ0v) is 19.0. The van der Waals surface area contributed by atoms with Gasteiger partial charge in [-0.15, -0.1) is 0 Å². The molecule has 2 aromatic carbocycles. The average Bonchev–Trinajstić information content (AvgIpc) is 3.12. The molecular formula is C25H31N5O4. The fourth-order valence-electron chi connectivity index (χ4n) is 3.61.